The van der Waals surface area contributed by atoms with E-state index >= 15 is 0 Å². The maximum absolute atomic E-state index is 11.9. The largest absolute Gasteiger partial charge is 0.297 e. The first-order valence-corrected chi connectivity index (χ1v) is 7.79. The molecule has 1 fully saturated rings. The number of benzene rings is 1. The number of nitrogens with one attached hydrogen (secondary N) is 2. The van der Waals surface area contributed by atoms with E-state index in [1.54, 1.807) is 0 Å². The molecule has 0 spiro atoms. The van der Waals surface area contributed by atoms with E-state index in [1.165, 1.54) is 24.8 Å². The highest BCUT2D eigenvalue weighted by atomic mass is 79.9. The van der Waals surface area contributed by atoms with E-state index in [0.29, 0.717) is 10.9 Å². The number of aromatic nitrogens is 2. The predicted molar refractivity (Wildman–Crippen MR) is 81.7 cm³/mol. The summed E-state index contributed by atoms with van der Waals surface area (Å²) in [7, 11) is 0. The Morgan fingerprint density at radius 3 is 2.95 bits per heavy atom. The summed E-state index contributed by atoms with van der Waals surface area (Å²) in [5.74, 6) is 0. The first kappa shape index (κ1) is 13.4. The van der Waals surface area contributed by atoms with Gasteiger partial charge >= 0.3 is 0 Å². The van der Waals surface area contributed by atoms with Crippen LogP contribution in [0.5, 0.6) is 0 Å². The molecule has 19 heavy (non-hydrogen) atoms. The monoisotopic (exact) mass is 359 g/mol. The summed E-state index contributed by atoms with van der Waals surface area (Å²) >= 11 is 10.7. The maximum Gasteiger partial charge on any atom is 0.259 e. The van der Waals surface area contributed by atoms with Gasteiger partial charge < -0.3 is 0 Å². The predicted octanol–water partition coefficient (Wildman–Crippen LogP) is 3.49. The molecule has 0 amide bonds. The van der Waals surface area contributed by atoms with Gasteiger partial charge in [0.1, 0.15) is 0 Å². The molecule has 0 atom stereocenters. The Morgan fingerprint density at radius 2 is 2.26 bits per heavy atom. The Balaban J connectivity index is 2.01. The molecule has 0 radical (unpaired) electrons. The topological polar surface area (TPSA) is 57.8 Å². The highest BCUT2D eigenvalue weighted by Gasteiger charge is 2.37. The van der Waals surface area contributed by atoms with Gasteiger partial charge in [-0.25, -0.2) is 4.98 Å². The minimum atomic E-state index is -0.226. The summed E-state index contributed by atoms with van der Waals surface area (Å²) < 4.78 is 4.18. The fourth-order valence-corrected chi connectivity index (χ4v) is 3.47. The van der Waals surface area contributed by atoms with E-state index in [4.69, 9.17) is 11.6 Å². The summed E-state index contributed by atoms with van der Waals surface area (Å²) in [5, 5.41) is 0.631. The molecule has 1 saturated carbocycles. The van der Waals surface area contributed by atoms with Gasteiger partial charge in [0, 0.05) is 14.9 Å². The lowest BCUT2D eigenvalue weighted by molar-refractivity contribution is 0.701. The van der Waals surface area contributed by atoms with Gasteiger partial charge in [0.05, 0.1) is 10.9 Å². The molecule has 1 aliphatic rings. The van der Waals surface area contributed by atoms with Crippen LogP contribution in [0.15, 0.2) is 26.3 Å². The van der Waals surface area contributed by atoms with Gasteiger partial charge in [-0.3, -0.25) is 14.5 Å². The molecule has 100 valence electrons. The summed E-state index contributed by atoms with van der Waals surface area (Å²) in [6.45, 7) is 2.18. The molecule has 1 heterocycles. The standard InChI is InChI=1S/C12H11BrClN3OS/c1-12(2-3-12)17-19-6-4-7-9(8(13)5-6)15-11(14)16-10(7)18/h4-5,17H,2-3H2,1H3,(H,15,16,18). The zero-order valence-corrected chi connectivity index (χ0v) is 13.2. The van der Waals surface area contributed by atoms with Crippen molar-refractivity contribution >= 4 is 50.4 Å². The van der Waals surface area contributed by atoms with E-state index in [0.717, 1.165) is 9.37 Å². The van der Waals surface area contributed by atoms with E-state index in [9.17, 15) is 4.79 Å². The number of halogens is 2. The lowest BCUT2D eigenvalue weighted by atomic mass is 10.2. The summed E-state index contributed by atoms with van der Waals surface area (Å²) in [6.07, 6.45) is 2.37. The van der Waals surface area contributed by atoms with Crippen molar-refractivity contribution in [1.82, 2.24) is 14.7 Å². The molecule has 0 bridgehead atoms. The van der Waals surface area contributed by atoms with Gasteiger partial charge in [0.25, 0.3) is 5.56 Å². The fraction of sp³-hybridized carbons (Fsp3) is 0.333. The third-order valence-corrected chi connectivity index (χ3v) is 4.97. The highest BCUT2D eigenvalue weighted by Crippen LogP contribution is 2.38. The van der Waals surface area contributed by atoms with Crippen molar-refractivity contribution in [3.63, 3.8) is 0 Å². The van der Waals surface area contributed by atoms with Crippen molar-refractivity contribution in [3.8, 4) is 0 Å². The number of hydrogen-bond acceptors (Lipinski definition) is 4. The second-order valence-electron chi connectivity index (χ2n) is 4.92. The first-order valence-electron chi connectivity index (χ1n) is 5.80. The molecule has 0 aliphatic heterocycles. The van der Waals surface area contributed by atoms with Crippen LogP contribution in [0.3, 0.4) is 0 Å². The summed E-state index contributed by atoms with van der Waals surface area (Å²) in [6, 6.07) is 3.76. The highest BCUT2D eigenvalue weighted by molar-refractivity contribution is 9.10. The van der Waals surface area contributed by atoms with Gasteiger partial charge in [-0.05, 0) is 71.4 Å². The molecular weight excluding hydrogens is 350 g/mol. The van der Waals surface area contributed by atoms with Gasteiger partial charge in [-0.2, -0.15) is 0 Å². The zero-order valence-electron chi connectivity index (χ0n) is 10.1. The Bertz CT molecular complexity index is 714. The van der Waals surface area contributed by atoms with Crippen molar-refractivity contribution in [2.24, 2.45) is 0 Å². The van der Waals surface area contributed by atoms with Gasteiger partial charge in [-0.15, -0.1) is 0 Å². The Kier molecular flexibility index (Phi) is 3.37. The Hall–Kier alpha value is -0.560. The average Bonchev–Trinajstić information content (AvgIpc) is 3.07. The van der Waals surface area contributed by atoms with Crippen molar-refractivity contribution in [1.29, 1.82) is 0 Å². The van der Waals surface area contributed by atoms with Crippen LogP contribution < -0.4 is 10.3 Å². The fourth-order valence-electron chi connectivity index (χ4n) is 1.68. The molecule has 7 heteroatoms. The van der Waals surface area contributed by atoms with Gasteiger partial charge in [-0.1, -0.05) is 0 Å². The number of hydrogen-bond donors (Lipinski definition) is 2. The molecule has 1 aromatic carbocycles. The number of aromatic amines is 1. The molecule has 4 nitrogen and oxygen atoms in total. The number of fused-ring (bicyclic) bond motifs is 1. The van der Waals surface area contributed by atoms with Crippen LogP contribution in [-0.2, 0) is 0 Å². The van der Waals surface area contributed by atoms with Crippen LogP contribution >= 0.6 is 39.5 Å². The number of H-pyrrole nitrogens is 1. The summed E-state index contributed by atoms with van der Waals surface area (Å²) in [4.78, 5) is 19.5. The number of rotatable bonds is 3. The molecule has 0 unspecified atom stereocenters. The molecular formula is C12H11BrClN3OS. The zero-order chi connectivity index (χ0) is 13.6. The van der Waals surface area contributed by atoms with Crippen LogP contribution in [0.25, 0.3) is 10.9 Å². The smallest absolute Gasteiger partial charge is 0.259 e. The van der Waals surface area contributed by atoms with E-state index in [2.05, 4.69) is 37.5 Å². The van der Waals surface area contributed by atoms with E-state index in [1.807, 2.05) is 12.1 Å². The normalized spacial score (nSPS) is 16.8. The van der Waals surface area contributed by atoms with Gasteiger partial charge in [0.2, 0.25) is 5.28 Å². The van der Waals surface area contributed by atoms with Crippen LogP contribution in [0.2, 0.25) is 5.28 Å². The Morgan fingerprint density at radius 1 is 1.53 bits per heavy atom. The van der Waals surface area contributed by atoms with Crippen molar-refractivity contribution in [3.05, 3.63) is 32.2 Å². The van der Waals surface area contributed by atoms with Crippen LogP contribution in [0.1, 0.15) is 19.8 Å². The first-order chi connectivity index (χ1) is 8.97. The molecule has 2 aromatic rings. The van der Waals surface area contributed by atoms with Gasteiger partial charge in [0.15, 0.2) is 0 Å². The lowest BCUT2D eigenvalue weighted by Gasteiger charge is -2.11. The van der Waals surface area contributed by atoms with Crippen LogP contribution in [0, 0.1) is 0 Å². The molecule has 2 N–H and O–H groups in total. The quantitative estimate of drug-likeness (QED) is 0.650. The minimum absolute atomic E-state index is 0.0993. The maximum atomic E-state index is 11.9. The third kappa shape index (κ3) is 2.81. The molecule has 1 aromatic heterocycles. The second-order valence-corrected chi connectivity index (χ2v) is 7.01. The van der Waals surface area contributed by atoms with Crippen molar-refractivity contribution < 1.29 is 0 Å². The third-order valence-electron chi connectivity index (χ3n) is 3.12. The van der Waals surface area contributed by atoms with E-state index < -0.39 is 0 Å². The second kappa shape index (κ2) is 4.77. The van der Waals surface area contributed by atoms with Crippen LogP contribution in [-0.4, -0.2) is 15.5 Å². The number of nitrogens with zero attached hydrogens (tertiary/aromatic N) is 1. The summed E-state index contributed by atoms with van der Waals surface area (Å²) in [5.41, 5.74) is 0.586. The lowest BCUT2D eigenvalue weighted by Crippen LogP contribution is -2.20. The molecule has 1 aliphatic carbocycles. The molecule has 3 rings (SSSR count). The van der Waals surface area contributed by atoms with Crippen molar-refractivity contribution in [2.45, 2.75) is 30.2 Å². The van der Waals surface area contributed by atoms with E-state index in [-0.39, 0.29) is 16.4 Å². The Labute approximate surface area is 127 Å². The SMILES string of the molecule is CC1(NSc2cc(Br)c3nc(Cl)[nH]c(=O)c3c2)CC1. The molecule has 0 saturated heterocycles. The average molecular weight is 361 g/mol. The van der Waals surface area contributed by atoms with Crippen LogP contribution in [0.4, 0.5) is 0 Å². The minimum Gasteiger partial charge on any atom is -0.297 e. The van der Waals surface area contributed by atoms with Crippen molar-refractivity contribution in [2.75, 3.05) is 0 Å².